The zero-order valence-electron chi connectivity index (χ0n) is 14.8. The fraction of sp³-hybridized carbons (Fsp3) is 0.0526. The van der Waals surface area contributed by atoms with E-state index in [1.165, 1.54) is 48.5 Å². The Hall–Kier alpha value is -3.24. The summed E-state index contributed by atoms with van der Waals surface area (Å²) in [5, 5.41) is 4.07. The predicted octanol–water partition coefficient (Wildman–Crippen LogP) is 3.48. The van der Waals surface area contributed by atoms with E-state index in [0.29, 0.717) is 5.69 Å². The van der Waals surface area contributed by atoms with Gasteiger partial charge in [0, 0.05) is 5.69 Å². The van der Waals surface area contributed by atoms with Crippen LogP contribution in [0.3, 0.4) is 0 Å². The molecular formula is C19H15FN2O5S2. The van der Waals surface area contributed by atoms with Crippen LogP contribution in [0, 0.1) is 5.82 Å². The molecule has 1 aromatic heterocycles. The minimum atomic E-state index is -3.85. The number of hydrogen-bond donors (Lipinski definition) is 2. The van der Waals surface area contributed by atoms with Crippen molar-refractivity contribution in [1.29, 1.82) is 0 Å². The summed E-state index contributed by atoms with van der Waals surface area (Å²) in [5.74, 6) is -1.94. The fourth-order valence-corrected chi connectivity index (χ4v) is 4.37. The quantitative estimate of drug-likeness (QED) is 0.555. The van der Waals surface area contributed by atoms with Gasteiger partial charge < -0.3 is 10.1 Å². The maximum Gasteiger partial charge on any atom is 0.340 e. The predicted molar refractivity (Wildman–Crippen MR) is 107 cm³/mol. The minimum absolute atomic E-state index is 0.0323. The molecule has 7 nitrogen and oxygen atoms in total. The number of anilines is 2. The van der Waals surface area contributed by atoms with Crippen LogP contribution in [-0.2, 0) is 19.6 Å². The molecule has 0 aliphatic rings. The third kappa shape index (κ3) is 5.39. The Bertz CT molecular complexity index is 1110. The van der Waals surface area contributed by atoms with Gasteiger partial charge in [-0.2, -0.15) is 0 Å². The fourth-order valence-electron chi connectivity index (χ4n) is 2.30. The topological polar surface area (TPSA) is 102 Å². The number of nitrogens with one attached hydrogen (secondary N) is 2. The van der Waals surface area contributed by atoms with Crippen molar-refractivity contribution in [1.82, 2.24) is 0 Å². The van der Waals surface area contributed by atoms with E-state index in [1.807, 2.05) is 0 Å². The summed E-state index contributed by atoms with van der Waals surface area (Å²) in [4.78, 5) is 24.3. The molecule has 150 valence electrons. The molecule has 29 heavy (non-hydrogen) atoms. The van der Waals surface area contributed by atoms with Crippen molar-refractivity contribution in [2.24, 2.45) is 0 Å². The number of carbonyl (C=O) groups excluding carboxylic acids is 2. The number of para-hydroxylation sites is 1. The number of rotatable bonds is 7. The molecule has 0 saturated carbocycles. The summed E-state index contributed by atoms with van der Waals surface area (Å²) < 4.78 is 45.1. The molecule has 0 aliphatic heterocycles. The van der Waals surface area contributed by atoms with Crippen molar-refractivity contribution in [3.8, 4) is 0 Å². The SMILES string of the molecule is O=C(COC(=O)c1ccccc1NS(=O)(=O)c1cccs1)Nc1ccc(F)cc1. The van der Waals surface area contributed by atoms with Gasteiger partial charge in [0.1, 0.15) is 10.0 Å². The van der Waals surface area contributed by atoms with Crippen molar-refractivity contribution in [2.45, 2.75) is 4.21 Å². The lowest BCUT2D eigenvalue weighted by molar-refractivity contribution is -0.119. The second-order valence-corrected chi connectivity index (χ2v) is 8.57. The number of amides is 1. The number of thiophene rings is 1. The molecule has 1 amide bonds. The Balaban J connectivity index is 1.65. The number of halogens is 1. The first kappa shape index (κ1) is 20.5. The molecule has 0 spiro atoms. The summed E-state index contributed by atoms with van der Waals surface area (Å²) in [6.45, 7) is -0.595. The lowest BCUT2D eigenvalue weighted by Gasteiger charge is -2.11. The summed E-state index contributed by atoms with van der Waals surface area (Å²) in [5.41, 5.74) is 0.337. The molecular weight excluding hydrogens is 419 g/mol. The van der Waals surface area contributed by atoms with Gasteiger partial charge in [-0.05, 0) is 47.8 Å². The molecule has 10 heteroatoms. The van der Waals surface area contributed by atoms with E-state index >= 15 is 0 Å². The molecule has 0 saturated heterocycles. The number of benzene rings is 2. The molecule has 3 rings (SSSR count). The molecule has 3 aromatic rings. The minimum Gasteiger partial charge on any atom is -0.452 e. The van der Waals surface area contributed by atoms with E-state index in [1.54, 1.807) is 17.5 Å². The highest BCUT2D eigenvalue weighted by Gasteiger charge is 2.20. The van der Waals surface area contributed by atoms with Crippen LogP contribution < -0.4 is 10.0 Å². The number of carbonyl (C=O) groups is 2. The van der Waals surface area contributed by atoms with E-state index in [-0.39, 0.29) is 15.5 Å². The summed E-state index contributed by atoms with van der Waals surface area (Å²) in [6.07, 6.45) is 0. The monoisotopic (exact) mass is 434 g/mol. The van der Waals surface area contributed by atoms with Crippen molar-refractivity contribution in [3.05, 3.63) is 77.4 Å². The van der Waals surface area contributed by atoms with E-state index in [4.69, 9.17) is 4.74 Å². The lowest BCUT2D eigenvalue weighted by Crippen LogP contribution is -2.22. The van der Waals surface area contributed by atoms with Crippen LogP contribution in [0.25, 0.3) is 0 Å². The first-order valence-corrected chi connectivity index (χ1v) is 10.6. The second-order valence-electron chi connectivity index (χ2n) is 5.71. The van der Waals surface area contributed by atoms with Gasteiger partial charge in [0.25, 0.3) is 15.9 Å². The van der Waals surface area contributed by atoms with Gasteiger partial charge in [-0.3, -0.25) is 9.52 Å². The molecule has 0 fully saturated rings. The third-order valence-corrected chi connectivity index (χ3v) is 6.38. The Morgan fingerprint density at radius 3 is 2.41 bits per heavy atom. The first-order chi connectivity index (χ1) is 13.8. The summed E-state index contributed by atoms with van der Waals surface area (Å²) in [7, 11) is -3.85. The average Bonchev–Trinajstić information content (AvgIpc) is 3.24. The zero-order chi connectivity index (χ0) is 20.9. The largest absolute Gasteiger partial charge is 0.452 e. The van der Waals surface area contributed by atoms with Gasteiger partial charge in [0.2, 0.25) is 0 Å². The number of sulfonamides is 1. The van der Waals surface area contributed by atoms with Crippen LogP contribution in [0.4, 0.5) is 15.8 Å². The van der Waals surface area contributed by atoms with Crippen LogP contribution >= 0.6 is 11.3 Å². The van der Waals surface area contributed by atoms with Crippen LogP contribution in [0.1, 0.15) is 10.4 Å². The van der Waals surface area contributed by atoms with Crippen LogP contribution in [0.2, 0.25) is 0 Å². The Kier molecular flexibility index (Phi) is 6.25. The molecule has 0 aliphatic carbocycles. The van der Waals surface area contributed by atoms with E-state index in [9.17, 15) is 22.4 Å². The summed E-state index contributed by atoms with van der Waals surface area (Å²) >= 11 is 1.04. The molecule has 0 radical (unpaired) electrons. The maximum absolute atomic E-state index is 12.9. The average molecular weight is 434 g/mol. The van der Waals surface area contributed by atoms with Gasteiger partial charge in [-0.1, -0.05) is 18.2 Å². The molecule has 2 aromatic carbocycles. The van der Waals surface area contributed by atoms with Gasteiger partial charge in [0.15, 0.2) is 6.61 Å². The molecule has 2 N–H and O–H groups in total. The standard InChI is InChI=1S/C19H15FN2O5S2/c20-13-7-9-14(10-8-13)21-17(23)12-27-19(24)15-4-1-2-5-16(15)22-29(25,26)18-6-3-11-28-18/h1-11,22H,12H2,(H,21,23). The van der Waals surface area contributed by atoms with Crippen molar-refractivity contribution >= 4 is 44.6 Å². The van der Waals surface area contributed by atoms with E-state index in [0.717, 1.165) is 11.3 Å². The highest BCUT2D eigenvalue weighted by molar-refractivity contribution is 7.94. The van der Waals surface area contributed by atoms with Crippen LogP contribution in [0.15, 0.2) is 70.3 Å². The highest BCUT2D eigenvalue weighted by Crippen LogP contribution is 2.23. The Labute approximate surface area is 170 Å². The van der Waals surface area contributed by atoms with Gasteiger partial charge in [-0.25, -0.2) is 17.6 Å². The second kappa shape index (κ2) is 8.84. The Morgan fingerprint density at radius 2 is 1.72 bits per heavy atom. The van der Waals surface area contributed by atoms with E-state index in [2.05, 4.69) is 10.0 Å². The normalized spacial score (nSPS) is 10.9. The Morgan fingerprint density at radius 1 is 1.00 bits per heavy atom. The van der Waals surface area contributed by atoms with Crippen molar-refractivity contribution in [3.63, 3.8) is 0 Å². The smallest absolute Gasteiger partial charge is 0.340 e. The molecule has 0 unspecified atom stereocenters. The molecule has 0 bridgehead atoms. The van der Waals surface area contributed by atoms with Gasteiger partial charge in [-0.15, -0.1) is 11.3 Å². The lowest BCUT2D eigenvalue weighted by atomic mass is 10.2. The van der Waals surface area contributed by atoms with Crippen molar-refractivity contribution in [2.75, 3.05) is 16.6 Å². The van der Waals surface area contributed by atoms with Crippen LogP contribution in [0.5, 0.6) is 0 Å². The number of ether oxygens (including phenoxy) is 1. The molecule has 1 heterocycles. The first-order valence-electron chi connectivity index (χ1n) is 8.23. The molecule has 0 atom stereocenters. The van der Waals surface area contributed by atoms with Gasteiger partial charge >= 0.3 is 5.97 Å². The summed E-state index contributed by atoms with van der Waals surface area (Å²) in [6, 6.07) is 14.0. The van der Waals surface area contributed by atoms with Gasteiger partial charge in [0.05, 0.1) is 11.3 Å². The highest BCUT2D eigenvalue weighted by atomic mass is 32.2. The number of esters is 1. The van der Waals surface area contributed by atoms with E-state index < -0.39 is 34.3 Å². The third-order valence-electron chi connectivity index (χ3n) is 3.61. The maximum atomic E-state index is 12.9. The number of hydrogen-bond acceptors (Lipinski definition) is 6. The van der Waals surface area contributed by atoms with Crippen molar-refractivity contribution < 1.29 is 27.1 Å². The van der Waals surface area contributed by atoms with Crippen LogP contribution in [-0.4, -0.2) is 26.9 Å². The zero-order valence-corrected chi connectivity index (χ0v) is 16.4.